The number of hydrogen-bond acceptors (Lipinski definition) is 5. The van der Waals surface area contributed by atoms with Gasteiger partial charge < -0.3 is 15.8 Å². The topological polar surface area (TPSA) is 77.2 Å². The lowest BCUT2D eigenvalue weighted by Crippen LogP contribution is -2.10. The standard InChI is InChI=1S/C15H16ClN3O2/c1-3-21-15(20)10-6-7-18-14(13(10)17)19-12-8-9(2)4-5-11(12)16/h4-8H,3,17H2,1-2H3,(H,18,19). The molecule has 0 amide bonds. The number of anilines is 3. The number of halogens is 1. The van der Waals surface area contributed by atoms with Crippen molar-refractivity contribution in [1.82, 2.24) is 4.98 Å². The van der Waals surface area contributed by atoms with Crippen molar-refractivity contribution in [3.05, 3.63) is 46.6 Å². The van der Waals surface area contributed by atoms with Crippen LogP contribution in [0.25, 0.3) is 0 Å². The maximum atomic E-state index is 11.8. The summed E-state index contributed by atoms with van der Waals surface area (Å²) in [6.45, 7) is 3.97. The van der Waals surface area contributed by atoms with Gasteiger partial charge in [-0.1, -0.05) is 17.7 Å². The Bertz CT molecular complexity index is 674. The molecule has 0 aliphatic rings. The molecule has 0 saturated heterocycles. The first-order valence-corrected chi connectivity index (χ1v) is 6.85. The Morgan fingerprint density at radius 1 is 1.43 bits per heavy atom. The third-order valence-electron chi connectivity index (χ3n) is 2.86. The van der Waals surface area contributed by atoms with Crippen molar-refractivity contribution in [2.75, 3.05) is 17.7 Å². The quantitative estimate of drug-likeness (QED) is 0.845. The average molecular weight is 306 g/mol. The maximum Gasteiger partial charge on any atom is 0.340 e. The minimum atomic E-state index is -0.476. The molecule has 0 bridgehead atoms. The lowest BCUT2D eigenvalue weighted by Gasteiger charge is -2.12. The van der Waals surface area contributed by atoms with Crippen LogP contribution in [0.5, 0.6) is 0 Å². The number of hydrogen-bond donors (Lipinski definition) is 2. The van der Waals surface area contributed by atoms with E-state index in [1.807, 2.05) is 19.1 Å². The summed E-state index contributed by atoms with van der Waals surface area (Å²) in [7, 11) is 0. The highest BCUT2D eigenvalue weighted by atomic mass is 35.5. The highest BCUT2D eigenvalue weighted by molar-refractivity contribution is 6.33. The second-order valence-electron chi connectivity index (χ2n) is 4.45. The van der Waals surface area contributed by atoms with Gasteiger partial charge in [-0.05, 0) is 37.6 Å². The summed E-state index contributed by atoms with van der Waals surface area (Å²) >= 11 is 6.13. The highest BCUT2D eigenvalue weighted by Crippen LogP contribution is 2.29. The molecule has 5 nitrogen and oxygen atoms in total. The number of pyridine rings is 1. The van der Waals surface area contributed by atoms with E-state index in [-0.39, 0.29) is 17.9 Å². The van der Waals surface area contributed by atoms with Gasteiger partial charge in [0.1, 0.15) is 0 Å². The lowest BCUT2D eigenvalue weighted by atomic mass is 10.2. The number of rotatable bonds is 4. The van der Waals surface area contributed by atoms with Crippen LogP contribution >= 0.6 is 11.6 Å². The highest BCUT2D eigenvalue weighted by Gasteiger charge is 2.15. The molecule has 21 heavy (non-hydrogen) atoms. The number of benzene rings is 1. The van der Waals surface area contributed by atoms with Gasteiger partial charge in [-0.2, -0.15) is 0 Å². The van der Waals surface area contributed by atoms with Gasteiger partial charge in [-0.3, -0.25) is 0 Å². The van der Waals surface area contributed by atoms with Crippen molar-refractivity contribution in [1.29, 1.82) is 0 Å². The SMILES string of the molecule is CCOC(=O)c1ccnc(Nc2cc(C)ccc2Cl)c1N. The van der Waals surface area contributed by atoms with Gasteiger partial charge in [0.25, 0.3) is 0 Å². The van der Waals surface area contributed by atoms with Gasteiger partial charge in [0.2, 0.25) is 0 Å². The third kappa shape index (κ3) is 3.44. The minimum absolute atomic E-state index is 0.230. The molecule has 1 aromatic carbocycles. The molecule has 2 aromatic rings. The number of nitrogen functional groups attached to an aromatic ring is 1. The van der Waals surface area contributed by atoms with Crippen LogP contribution in [0.2, 0.25) is 5.02 Å². The first-order valence-electron chi connectivity index (χ1n) is 6.47. The first kappa shape index (κ1) is 15.1. The number of carbonyl (C=O) groups is 1. The molecule has 0 atom stereocenters. The van der Waals surface area contributed by atoms with Crippen LogP contribution < -0.4 is 11.1 Å². The van der Waals surface area contributed by atoms with Crippen molar-refractivity contribution < 1.29 is 9.53 Å². The molecule has 0 aliphatic heterocycles. The number of nitrogens with zero attached hydrogens (tertiary/aromatic N) is 1. The molecule has 110 valence electrons. The van der Waals surface area contributed by atoms with E-state index in [0.29, 0.717) is 16.5 Å². The van der Waals surface area contributed by atoms with Crippen molar-refractivity contribution in [2.24, 2.45) is 0 Å². The Morgan fingerprint density at radius 3 is 2.90 bits per heavy atom. The van der Waals surface area contributed by atoms with Crippen LogP contribution in [-0.2, 0) is 4.74 Å². The molecule has 0 saturated carbocycles. The largest absolute Gasteiger partial charge is 0.462 e. The summed E-state index contributed by atoms with van der Waals surface area (Å²) in [5, 5.41) is 3.59. The number of aromatic nitrogens is 1. The van der Waals surface area contributed by atoms with Crippen LogP contribution in [0.3, 0.4) is 0 Å². The van der Waals surface area contributed by atoms with Crippen LogP contribution in [0.1, 0.15) is 22.8 Å². The molecule has 0 spiro atoms. The summed E-state index contributed by atoms with van der Waals surface area (Å²) in [5.74, 6) is -0.108. The molecule has 0 fully saturated rings. The summed E-state index contributed by atoms with van der Waals surface area (Å²) in [4.78, 5) is 16.0. The van der Waals surface area contributed by atoms with E-state index in [0.717, 1.165) is 5.56 Å². The van der Waals surface area contributed by atoms with Crippen LogP contribution in [0.15, 0.2) is 30.5 Å². The number of aryl methyl sites for hydroxylation is 1. The Kier molecular flexibility index (Phi) is 4.65. The molecule has 0 unspecified atom stereocenters. The average Bonchev–Trinajstić information content (AvgIpc) is 2.45. The molecular weight excluding hydrogens is 290 g/mol. The Morgan fingerprint density at radius 2 is 2.19 bits per heavy atom. The summed E-state index contributed by atoms with van der Waals surface area (Å²) in [5.41, 5.74) is 8.21. The lowest BCUT2D eigenvalue weighted by molar-refractivity contribution is 0.0527. The van der Waals surface area contributed by atoms with E-state index >= 15 is 0 Å². The summed E-state index contributed by atoms with van der Waals surface area (Å²) in [6, 6.07) is 7.08. The fraction of sp³-hybridized carbons (Fsp3) is 0.200. The van der Waals surface area contributed by atoms with E-state index in [1.165, 1.54) is 12.3 Å². The molecule has 2 rings (SSSR count). The van der Waals surface area contributed by atoms with Gasteiger partial charge in [0.15, 0.2) is 5.82 Å². The smallest absolute Gasteiger partial charge is 0.340 e. The monoisotopic (exact) mass is 305 g/mol. The van der Waals surface area contributed by atoms with E-state index in [4.69, 9.17) is 22.1 Å². The van der Waals surface area contributed by atoms with E-state index in [2.05, 4.69) is 10.3 Å². The molecular formula is C15H16ClN3O2. The fourth-order valence-electron chi connectivity index (χ4n) is 1.82. The minimum Gasteiger partial charge on any atom is -0.462 e. The number of ether oxygens (including phenoxy) is 1. The predicted molar refractivity (Wildman–Crippen MR) is 84.1 cm³/mol. The van der Waals surface area contributed by atoms with Gasteiger partial charge in [0, 0.05) is 6.20 Å². The van der Waals surface area contributed by atoms with Gasteiger partial charge in [-0.25, -0.2) is 9.78 Å². The van der Waals surface area contributed by atoms with Gasteiger partial charge >= 0.3 is 5.97 Å². The Hall–Kier alpha value is -2.27. The van der Waals surface area contributed by atoms with Gasteiger partial charge in [0.05, 0.1) is 28.6 Å². The van der Waals surface area contributed by atoms with Gasteiger partial charge in [-0.15, -0.1) is 0 Å². The maximum absolute atomic E-state index is 11.8. The third-order valence-corrected chi connectivity index (χ3v) is 3.19. The van der Waals surface area contributed by atoms with Crippen LogP contribution in [0, 0.1) is 6.92 Å². The summed E-state index contributed by atoms with van der Waals surface area (Å²) < 4.78 is 4.96. The molecule has 6 heteroatoms. The van der Waals surface area contributed by atoms with E-state index < -0.39 is 5.97 Å². The zero-order chi connectivity index (χ0) is 15.4. The normalized spacial score (nSPS) is 10.2. The van der Waals surface area contributed by atoms with Crippen molar-refractivity contribution in [2.45, 2.75) is 13.8 Å². The Labute approximate surface area is 128 Å². The number of carbonyl (C=O) groups excluding carboxylic acids is 1. The van der Waals surface area contributed by atoms with Crippen molar-refractivity contribution in [3.8, 4) is 0 Å². The van der Waals surface area contributed by atoms with Crippen molar-refractivity contribution in [3.63, 3.8) is 0 Å². The van der Waals surface area contributed by atoms with Crippen molar-refractivity contribution >= 4 is 34.8 Å². The van der Waals surface area contributed by atoms with Crippen LogP contribution in [-0.4, -0.2) is 17.6 Å². The second kappa shape index (κ2) is 6.45. The molecule has 0 radical (unpaired) electrons. The van der Waals surface area contributed by atoms with E-state index in [1.54, 1.807) is 13.0 Å². The predicted octanol–water partition coefficient (Wildman–Crippen LogP) is 3.55. The second-order valence-corrected chi connectivity index (χ2v) is 4.86. The molecule has 0 aliphatic carbocycles. The molecule has 1 aromatic heterocycles. The summed E-state index contributed by atoms with van der Waals surface area (Å²) in [6.07, 6.45) is 1.49. The Balaban J connectivity index is 2.35. The molecule has 1 heterocycles. The first-order chi connectivity index (χ1) is 10.0. The zero-order valence-corrected chi connectivity index (χ0v) is 12.6. The number of nitrogens with two attached hydrogens (primary N) is 1. The zero-order valence-electron chi connectivity index (χ0n) is 11.8. The fourth-order valence-corrected chi connectivity index (χ4v) is 1.99. The van der Waals surface area contributed by atoms with E-state index in [9.17, 15) is 4.79 Å². The molecule has 3 N–H and O–H groups in total. The van der Waals surface area contributed by atoms with Crippen LogP contribution in [0.4, 0.5) is 17.2 Å². The number of esters is 1. The number of nitrogens with one attached hydrogen (secondary N) is 1.